The molecule has 0 N–H and O–H groups in total. The van der Waals surface area contributed by atoms with E-state index in [2.05, 4.69) is 37.7 Å². The van der Waals surface area contributed by atoms with Crippen molar-refractivity contribution in [3.63, 3.8) is 0 Å². The van der Waals surface area contributed by atoms with Crippen LogP contribution in [0.25, 0.3) is 0 Å². The van der Waals surface area contributed by atoms with E-state index in [1.165, 1.54) is 83.5 Å². The minimum Gasteiger partial charge on any atom is -0.211 e. The van der Waals surface area contributed by atoms with Gasteiger partial charge in [0.05, 0.1) is 12.1 Å². The first kappa shape index (κ1) is 31.8. The second-order valence-electron chi connectivity index (χ2n) is 11.4. The molecule has 35 heavy (non-hydrogen) atoms. The minimum atomic E-state index is 0.0701. The van der Waals surface area contributed by atoms with Crippen molar-refractivity contribution in [1.29, 1.82) is 0 Å². The number of rotatable bonds is 21. The Morgan fingerprint density at radius 2 is 1.14 bits per heavy atom. The molecule has 1 fully saturated rings. The summed E-state index contributed by atoms with van der Waals surface area (Å²) < 4.78 is 0. The lowest BCUT2D eigenvalue weighted by Gasteiger charge is -2.43. The van der Waals surface area contributed by atoms with Gasteiger partial charge in [-0.05, 0) is 55.8 Å². The Kier molecular flexibility index (Phi) is 19.0. The van der Waals surface area contributed by atoms with Crippen LogP contribution >= 0.6 is 0 Å². The number of unbranched alkanes of at least 4 members (excludes halogenated alkanes) is 10. The molecule has 0 amide bonds. The van der Waals surface area contributed by atoms with E-state index in [1.54, 1.807) is 0 Å². The van der Waals surface area contributed by atoms with E-state index < -0.39 is 0 Å². The molecule has 6 unspecified atom stereocenters. The maximum absolute atomic E-state index is 11.4. The van der Waals surface area contributed by atoms with Crippen LogP contribution in [-0.4, -0.2) is 24.2 Å². The Morgan fingerprint density at radius 1 is 0.629 bits per heavy atom. The van der Waals surface area contributed by atoms with Crippen LogP contribution in [0.4, 0.5) is 0 Å². The highest BCUT2D eigenvalue weighted by Gasteiger charge is 2.40. The van der Waals surface area contributed by atoms with E-state index >= 15 is 0 Å². The average molecular weight is 489 g/mol. The molecule has 6 atom stereocenters. The van der Waals surface area contributed by atoms with Crippen molar-refractivity contribution in [3.05, 3.63) is 0 Å². The molecule has 0 heterocycles. The Labute approximate surface area is 217 Å². The molecule has 0 spiro atoms. The first-order chi connectivity index (χ1) is 17.1. The highest BCUT2D eigenvalue weighted by atomic mass is 16.1. The molecule has 0 aromatic rings. The summed E-state index contributed by atoms with van der Waals surface area (Å²) in [7, 11) is 0. The molecule has 1 aliphatic rings. The highest BCUT2D eigenvalue weighted by Crippen LogP contribution is 2.45. The lowest BCUT2D eigenvalue weighted by atomic mass is 9.63. The summed E-state index contributed by atoms with van der Waals surface area (Å²) in [5, 5.41) is 0. The van der Waals surface area contributed by atoms with Gasteiger partial charge in [-0.1, -0.05) is 118 Å². The van der Waals surface area contributed by atoms with Gasteiger partial charge in [0.1, 0.15) is 0 Å². The number of nitrogens with zero attached hydrogens (tertiary/aromatic N) is 2. The van der Waals surface area contributed by atoms with Crippen LogP contribution in [0.2, 0.25) is 0 Å². The quantitative estimate of drug-likeness (QED) is 0.0917. The Morgan fingerprint density at radius 3 is 1.69 bits per heavy atom. The zero-order chi connectivity index (χ0) is 25.7. The summed E-state index contributed by atoms with van der Waals surface area (Å²) in [6.07, 6.45) is 26.7. The summed E-state index contributed by atoms with van der Waals surface area (Å²) in [5.41, 5.74) is 0. The van der Waals surface area contributed by atoms with E-state index in [0.29, 0.717) is 23.7 Å². The van der Waals surface area contributed by atoms with Crippen LogP contribution in [0, 0.1) is 23.7 Å². The summed E-state index contributed by atoms with van der Waals surface area (Å²) in [4.78, 5) is 31.5. The van der Waals surface area contributed by atoms with Crippen molar-refractivity contribution < 1.29 is 9.59 Å². The Balaban J connectivity index is 2.86. The predicted molar refractivity (Wildman–Crippen MR) is 148 cm³/mol. The average Bonchev–Trinajstić information content (AvgIpc) is 2.86. The number of isocyanates is 2. The van der Waals surface area contributed by atoms with Gasteiger partial charge in [0.25, 0.3) is 0 Å². The lowest BCUT2D eigenvalue weighted by Crippen LogP contribution is -2.39. The van der Waals surface area contributed by atoms with Gasteiger partial charge in [-0.25, -0.2) is 19.6 Å². The number of carbonyl (C=O) groups excluding carboxylic acids is 2. The van der Waals surface area contributed by atoms with Crippen molar-refractivity contribution >= 4 is 12.2 Å². The zero-order valence-corrected chi connectivity index (χ0v) is 23.6. The fourth-order valence-electron chi connectivity index (χ4n) is 6.61. The molecule has 0 radical (unpaired) electrons. The summed E-state index contributed by atoms with van der Waals surface area (Å²) in [5.74, 6) is 2.06. The first-order valence-corrected chi connectivity index (χ1v) is 15.3. The highest BCUT2D eigenvalue weighted by molar-refractivity contribution is 5.34. The third-order valence-corrected chi connectivity index (χ3v) is 8.65. The monoisotopic (exact) mass is 488 g/mol. The Hall–Kier alpha value is -1.24. The van der Waals surface area contributed by atoms with Crippen LogP contribution in [0.3, 0.4) is 0 Å². The smallest absolute Gasteiger partial charge is 0.211 e. The summed E-state index contributed by atoms with van der Waals surface area (Å²) in [6.45, 7) is 9.16. The van der Waals surface area contributed by atoms with Gasteiger partial charge < -0.3 is 0 Å². The van der Waals surface area contributed by atoms with Gasteiger partial charge in [0.15, 0.2) is 0 Å². The van der Waals surface area contributed by atoms with Gasteiger partial charge in [-0.2, -0.15) is 0 Å². The molecule has 0 saturated heterocycles. The second-order valence-corrected chi connectivity index (χ2v) is 11.4. The van der Waals surface area contributed by atoms with Crippen molar-refractivity contribution in [3.8, 4) is 0 Å². The molecule has 4 nitrogen and oxygen atoms in total. The molecule has 1 aliphatic carbocycles. The van der Waals surface area contributed by atoms with Crippen molar-refractivity contribution in [2.24, 2.45) is 33.7 Å². The first-order valence-electron chi connectivity index (χ1n) is 15.3. The minimum absolute atomic E-state index is 0.0701. The van der Waals surface area contributed by atoms with Crippen molar-refractivity contribution in [2.75, 3.05) is 0 Å². The van der Waals surface area contributed by atoms with E-state index in [9.17, 15) is 9.59 Å². The fraction of sp³-hybridized carbons (Fsp3) is 0.935. The third-order valence-electron chi connectivity index (χ3n) is 8.65. The lowest BCUT2D eigenvalue weighted by molar-refractivity contribution is 0.0892. The van der Waals surface area contributed by atoms with Gasteiger partial charge in [-0.15, -0.1) is 0 Å². The zero-order valence-electron chi connectivity index (χ0n) is 23.6. The van der Waals surface area contributed by atoms with E-state index in [4.69, 9.17) is 0 Å². The molecular formula is C31H56N2O2. The van der Waals surface area contributed by atoms with Crippen LogP contribution in [0.15, 0.2) is 9.98 Å². The van der Waals surface area contributed by atoms with Gasteiger partial charge >= 0.3 is 0 Å². The third kappa shape index (κ3) is 13.0. The van der Waals surface area contributed by atoms with Gasteiger partial charge in [-0.3, -0.25) is 0 Å². The fourth-order valence-corrected chi connectivity index (χ4v) is 6.61. The van der Waals surface area contributed by atoms with Crippen LogP contribution in [-0.2, 0) is 9.59 Å². The molecule has 202 valence electrons. The molecular weight excluding hydrogens is 432 g/mol. The molecule has 1 rings (SSSR count). The molecule has 0 aromatic carbocycles. The number of hydrogen-bond acceptors (Lipinski definition) is 4. The maximum Gasteiger partial charge on any atom is 0.235 e. The molecule has 0 bridgehead atoms. The maximum atomic E-state index is 11.4. The van der Waals surface area contributed by atoms with Crippen LogP contribution < -0.4 is 0 Å². The van der Waals surface area contributed by atoms with E-state index in [-0.39, 0.29) is 12.1 Å². The predicted octanol–water partition coefficient (Wildman–Crippen LogP) is 9.37. The molecule has 0 aliphatic heterocycles. The molecule has 1 saturated carbocycles. The summed E-state index contributed by atoms with van der Waals surface area (Å²) >= 11 is 0. The second kappa shape index (κ2) is 20.9. The van der Waals surface area contributed by atoms with E-state index in [0.717, 1.165) is 38.5 Å². The number of aliphatic imine (C=N–C) groups is 2. The normalized spacial score (nSPS) is 22.6. The van der Waals surface area contributed by atoms with Gasteiger partial charge in [0.2, 0.25) is 12.2 Å². The Bertz CT molecular complexity index is 609. The topological polar surface area (TPSA) is 58.9 Å². The summed E-state index contributed by atoms with van der Waals surface area (Å²) in [6, 6.07) is 0.152. The van der Waals surface area contributed by atoms with Crippen molar-refractivity contribution in [1.82, 2.24) is 0 Å². The van der Waals surface area contributed by atoms with Gasteiger partial charge in [0, 0.05) is 0 Å². The largest absolute Gasteiger partial charge is 0.235 e. The SMILES string of the molecule is CCCCCCCCC(N=C=O)C1CCC(C(C)CCC)C(C(CCCCCCCC)N=C=O)C1. The number of hydrogen-bond donors (Lipinski definition) is 0. The molecule has 4 heteroatoms. The van der Waals surface area contributed by atoms with Crippen LogP contribution in [0.5, 0.6) is 0 Å². The van der Waals surface area contributed by atoms with Crippen molar-refractivity contribution in [2.45, 2.75) is 162 Å². The standard InChI is InChI=1S/C31H56N2O2/c1-5-8-10-12-14-16-19-30(32-24-34)27-21-22-28(26(4)18-7-3)29(23-27)31(33-25-35)20-17-15-13-11-9-6-2/h26-31H,5-23H2,1-4H3. The van der Waals surface area contributed by atoms with E-state index in [1.807, 2.05) is 12.2 Å². The van der Waals surface area contributed by atoms with Crippen LogP contribution in [0.1, 0.15) is 150 Å². The molecule has 0 aromatic heterocycles.